The fourth-order valence-corrected chi connectivity index (χ4v) is 3.41. The van der Waals surface area contributed by atoms with Crippen LogP contribution in [0.5, 0.6) is 0 Å². The molecule has 0 radical (unpaired) electrons. The SMILES string of the molecule is CC(=O)Nc1cccc(-n2nnnc2SCC2CCCCO2)c1. The van der Waals surface area contributed by atoms with Crippen molar-refractivity contribution in [3.8, 4) is 5.69 Å². The molecule has 1 amide bonds. The average molecular weight is 333 g/mol. The molecule has 0 bridgehead atoms. The Hall–Kier alpha value is -1.93. The van der Waals surface area contributed by atoms with Gasteiger partial charge in [0.2, 0.25) is 11.1 Å². The lowest BCUT2D eigenvalue weighted by Crippen LogP contribution is -2.21. The van der Waals surface area contributed by atoms with E-state index in [-0.39, 0.29) is 12.0 Å². The second-order valence-corrected chi connectivity index (χ2v) is 6.39. The predicted octanol–water partition coefficient (Wildman–Crippen LogP) is 2.28. The van der Waals surface area contributed by atoms with Crippen molar-refractivity contribution in [3.63, 3.8) is 0 Å². The normalized spacial score (nSPS) is 17.9. The van der Waals surface area contributed by atoms with E-state index >= 15 is 0 Å². The maximum absolute atomic E-state index is 11.2. The van der Waals surface area contributed by atoms with Crippen molar-refractivity contribution in [2.45, 2.75) is 37.4 Å². The Morgan fingerprint density at radius 3 is 3.17 bits per heavy atom. The number of amides is 1. The first-order valence-electron chi connectivity index (χ1n) is 7.63. The summed E-state index contributed by atoms with van der Waals surface area (Å²) in [5, 5.41) is 15.4. The molecule has 1 unspecified atom stereocenters. The molecule has 0 aliphatic carbocycles. The van der Waals surface area contributed by atoms with E-state index in [1.54, 1.807) is 16.4 Å². The molecule has 1 aromatic heterocycles. The van der Waals surface area contributed by atoms with Gasteiger partial charge in [-0.1, -0.05) is 17.8 Å². The topological polar surface area (TPSA) is 81.9 Å². The molecule has 2 aromatic rings. The number of tetrazole rings is 1. The molecule has 3 rings (SSSR count). The van der Waals surface area contributed by atoms with Crippen LogP contribution in [0.25, 0.3) is 5.69 Å². The van der Waals surface area contributed by atoms with Crippen molar-refractivity contribution in [2.75, 3.05) is 17.7 Å². The van der Waals surface area contributed by atoms with Gasteiger partial charge in [0, 0.05) is 25.0 Å². The van der Waals surface area contributed by atoms with Crippen LogP contribution >= 0.6 is 11.8 Å². The minimum absolute atomic E-state index is 0.108. The lowest BCUT2D eigenvalue weighted by molar-refractivity contribution is -0.114. The van der Waals surface area contributed by atoms with Crippen molar-refractivity contribution in [1.29, 1.82) is 0 Å². The van der Waals surface area contributed by atoms with Crippen LogP contribution < -0.4 is 5.32 Å². The average Bonchev–Trinajstić information content (AvgIpc) is 3.02. The zero-order valence-corrected chi connectivity index (χ0v) is 13.8. The van der Waals surface area contributed by atoms with E-state index in [9.17, 15) is 4.79 Å². The number of ether oxygens (including phenoxy) is 1. The molecule has 0 spiro atoms. The van der Waals surface area contributed by atoms with Gasteiger partial charge in [-0.25, -0.2) is 0 Å². The largest absolute Gasteiger partial charge is 0.377 e. The van der Waals surface area contributed by atoms with Crippen LogP contribution in [0, 0.1) is 0 Å². The first-order valence-corrected chi connectivity index (χ1v) is 8.62. The summed E-state index contributed by atoms with van der Waals surface area (Å²) in [5.74, 6) is 0.731. The van der Waals surface area contributed by atoms with Crippen LogP contribution in [0.1, 0.15) is 26.2 Å². The monoisotopic (exact) mass is 333 g/mol. The molecule has 1 fully saturated rings. The van der Waals surface area contributed by atoms with E-state index in [1.807, 2.05) is 24.3 Å². The minimum atomic E-state index is -0.108. The van der Waals surface area contributed by atoms with Gasteiger partial charge in [-0.05, 0) is 47.9 Å². The van der Waals surface area contributed by atoms with Crippen molar-refractivity contribution in [2.24, 2.45) is 0 Å². The van der Waals surface area contributed by atoms with E-state index < -0.39 is 0 Å². The quantitative estimate of drug-likeness (QED) is 0.845. The third-order valence-electron chi connectivity index (χ3n) is 3.52. The number of rotatable bonds is 5. The summed E-state index contributed by atoms with van der Waals surface area (Å²) in [6.07, 6.45) is 3.72. The Morgan fingerprint density at radius 2 is 2.39 bits per heavy atom. The molecular weight excluding hydrogens is 314 g/mol. The molecule has 1 aromatic carbocycles. The third-order valence-corrected chi connectivity index (χ3v) is 4.58. The lowest BCUT2D eigenvalue weighted by atomic mass is 10.1. The molecule has 122 valence electrons. The Balaban J connectivity index is 1.71. The molecule has 1 aliphatic heterocycles. The molecule has 0 saturated carbocycles. The summed E-state index contributed by atoms with van der Waals surface area (Å²) in [5.41, 5.74) is 1.53. The number of aromatic nitrogens is 4. The van der Waals surface area contributed by atoms with Crippen molar-refractivity contribution >= 4 is 23.4 Å². The highest BCUT2D eigenvalue weighted by molar-refractivity contribution is 7.99. The molecule has 7 nitrogen and oxygen atoms in total. The van der Waals surface area contributed by atoms with Crippen molar-refractivity contribution < 1.29 is 9.53 Å². The standard InChI is InChI=1S/C15H19N5O2S/c1-11(21)16-12-5-4-6-13(9-12)20-15(17-18-19-20)23-10-14-7-2-3-8-22-14/h4-6,9,14H,2-3,7-8,10H2,1H3,(H,16,21). The van der Waals surface area contributed by atoms with Crippen LogP contribution in [-0.4, -0.2) is 44.6 Å². The molecular formula is C15H19N5O2S. The molecule has 1 saturated heterocycles. The number of carbonyl (C=O) groups excluding carboxylic acids is 1. The van der Waals surface area contributed by atoms with Gasteiger partial charge in [-0.3, -0.25) is 4.79 Å². The van der Waals surface area contributed by atoms with Gasteiger partial charge in [0.25, 0.3) is 0 Å². The molecule has 1 aliphatic rings. The van der Waals surface area contributed by atoms with E-state index in [0.717, 1.165) is 41.7 Å². The van der Waals surface area contributed by atoms with Gasteiger partial charge in [-0.2, -0.15) is 4.68 Å². The highest BCUT2D eigenvalue weighted by Crippen LogP contribution is 2.24. The van der Waals surface area contributed by atoms with Crippen LogP contribution in [0.3, 0.4) is 0 Å². The van der Waals surface area contributed by atoms with Gasteiger partial charge in [0.15, 0.2) is 0 Å². The fraction of sp³-hybridized carbons (Fsp3) is 0.467. The van der Waals surface area contributed by atoms with Gasteiger partial charge in [0.1, 0.15) is 0 Å². The molecule has 8 heteroatoms. The summed E-state index contributed by atoms with van der Waals surface area (Å²) in [7, 11) is 0. The smallest absolute Gasteiger partial charge is 0.221 e. The van der Waals surface area contributed by atoms with Crippen LogP contribution in [0.4, 0.5) is 5.69 Å². The zero-order chi connectivity index (χ0) is 16.1. The van der Waals surface area contributed by atoms with Gasteiger partial charge < -0.3 is 10.1 Å². The summed E-state index contributed by atoms with van der Waals surface area (Å²) in [6, 6.07) is 7.45. The Bertz CT molecular complexity index is 669. The van der Waals surface area contributed by atoms with Gasteiger partial charge in [0.05, 0.1) is 11.8 Å². The Labute approximate surface area is 138 Å². The number of benzene rings is 1. The van der Waals surface area contributed by atoms with E-state index in [4.69, 9.17) is 4.74 Å². The van der Waals surface area contributed by atoms with Crippen molar-refractivity contribution in [1.82, 2.24) is 20.2 Å². The number of nitrogens with zero attached hydrogens (tertiary/aromatic N) is 4. The number of anilines is 1. The van der Waals surface area contributed by atoms with Crippen molar-refractivity contribution in [3.05, 3.63) is 24.3 Å². The maximum Gasteiger partial charge on any atom is 0.221 e. The number of hydrogen-bond donors (Lipinski definition) is 1. The molecule has 23 heavy (non-hydrogen) atoms. The Kier molecular flexibility index (Phi) is 5.24. The van der Waals surface area contributed by atoms with Crippen LogP contribution in [0.2, 0.25) is 0 Å². The zero-order valence-electron chi connectivity index (χ0n) is 12.9. The van der Waals surface area contributed by atoms with Gasteiger partial charge in [-0.15, -0.1) is 5.10 Å². The van der Waals surface area contributed by atoms with Crippen LogP contribution in [0.15, 0.2) is 29.4 Å². The molecule has 1 atom stereocenters. The lowest BCUT2D eigenvalue weighted by Gasteiger charge is -2.21. The van der Waals surface area contributed by atoms with E-state index in [2.05, 4.69) is 20.8 Å². The third kappa shape index (κ3) is 4.29. The van der Waals surface area contributed by atoms with Crippen LogP contribution in [-0.2, 0) is 9.53 Å². The number of thioether (sulfide) groups is 1. The summed E-state index contributed by atoms with van der Waals surface area (Å²) >= 11 is 1.59. The number of carbonyl (C=O) groups is 1. The molecule has 1 N–H and O–H groups in total. The predicted molar refractivity (Wildman–Crippen MR) is 87.8 cm³/mol. The van der Waals surface area contributed by atoms with E-state index in [1.165, 1.54) is 13.3 Å². The number of nitrogens with one attached hydrogen (secondary N) is 1. The summed E-state index contributed by atoms with van der Waals surface area (Å²) in [4.78, 5) is 11.2. The first kappa shape index (κ1) is 15.9. The molecule has 2 heterocycles. The second kappa shape index (κ2) is 7.56. The van der Waals surface area contributed by atoms with E-state index in [0.29, 0.717) is 0 Å². The van der Waals surface area contributed by atoms with Gasteiger partial charge >= 0.3 is 0 Å². The second-order valence-electron chi connectivity index (χ2n) is 5.40. The minimum Gasteiger partial charge on any atom is -0.377 e. The first-order chi connectivity index (χ1) is 11.2. The summed E-state index contributed by atoms with van der Waals surface area (Å²) in [6.45, 7) is 2.32. The summed E-state index contributed by atoms with van der Waals surface area (Å²) < 4.78 is 7.42. The highest BCUT2D eigenvalue weighted by atomic mass is 32.2. The fourth-order valence-electron chi connectivity index (χ4n) is 2.46. The Morgan fingerprint density at radius 1 is 1.48 bits per heavy atom. The number of hydrogen-bond acceptors (Lipinski definition) is 6. The highest BCUT2D eigenvalue weighted by Gasteiger charge is 2.17. The maximum atomic E-state index is 11.2.